The molecule has 0 bridgehead atoms. The fraction of sp³-hybridized carbons (Fsp3) is 0.231. The van der Waals surface area contributed by atoms with Crippen LogP contribution >= 0.6 is 27.3 Å². The highest BCUT2D eigenvalue weighted by atomic mass is 79.9. The minimum Gasteiger partial charge on any atom is -0.308 e. The Labute approximate surface area is 113 Å². The van der Waals surface area contributed by atoms with Crippen molar-refractivity contribution in [3.63, 3.8) is 0 Å². The SMILES string of the molecule is Cc1cscc1CNCc1ccc(Br)cc1F. The third-order valence-corrected chi connectivity index (χ3v) is 4.01. The van der Waals surface area contributed by atoms with E-state index in [1.165, 1.54) is 17.2 Å². The van der Waals surface area contributed by atoms with Crippen molar-refractivity contribution in [2.75, 3.05) is 0 Å². The summed E-state index contributed by atoms with van der Waals surface area (Å²) in [5.74, 6) is -0.172. The van der Waals surface area contributed by atoms with Crippen LogP contribution in [-0.2, 0) is 13.1 Å². The summed E-state index contributed by atoms with van der Waals surface area (Å²) in [7, 11) is 0. The molecule has 0 spiro atoms. The molecular weight excluding hydrogens is 301 g/mol. The molecular formula is C13H13BrFNS. The van der Waals surface area contributed by atoms with Crippen LogP contribution in [0.25, 0.3) is 0 Å². The quantitative estimate of drug-likeness (QED) is 0.890. The molecule has 90 valence electrons. The summed E-state index contributed by atoms with van der Waals surface area (Å²) in [6.45, 7) is 3.42. The zero-order valence-electron chi connectivity index (χ0n) is 9.47. The van der Waals surface area contributed by atoms with E-state index in [9.17, 15) is 4.39 Å². The van der Waals surface area contributed by atoms with Crippen LogP contribution in [0.4, 0.5) is 4.39 Å². The summed E-state index contributed by atoms with van der Waals surface area (Å²) in [5, 5.41) is 7.50. The Morgan fingerprint density at radius 1 is 1.24 bits per heavy atom. The third kappa shape index (κ3) is 3.37. The number of rotatable bonds is 4. The maximum Gasteiger partial charge on any atom is 0.128 e. The van der Waals surface area contributed by atoms with Crippen molar-refractivity contribution < 1.29 is 4.39 Å². The van der Waals surface area contributed by atoms with Gasteiger partial charge in [0.1, 0.15) is 5.82 Å². The Morgan fingerprint density at radius 2 is 2.00 bits per heavy atom. The first kappa shape index (κ1) is 12.7. The van der Waals surface area contributed by atoms with E-state index in [1.54, 1.807) is 17.4 Å². The van der Waals surface area contributed by atoms with Crippen LogP contribution in [0.1, 0.15) is 16.7 Å². The van der Waals surface area contributed by atoms with Crippen LogP contribution in [0.5, 0.6) is 0 Å². The molecule has 2 aromatic rings. The zero-order valence-corrected chi connectivity index (χ0v) is 11.9. The van der Waals surface area contributed by atoms with Crippen molar-refractivity contribution in [2.24, 2.45) is 0 Å². The average Bonchev–Trinajstić information content (AvgIpc) is 2.68. The van der Waals surface area contributed by atoms with Crippen molar-refractivity contribution in [1.29, 1.82) is 0 Å². The molecule has 0 fully saturated rings. The number of hydrogen-bond acceptors (Lipinski definition) is 2. The van der Waals surface area contributed by atoms with E-state index in [1.807, 2.05) is 6.07 Å². The van der Waals surface area contributed by atoms with Gasteiger partial charge in [0.2, 0.25) is 0 Å². The van der Waals surface area contributed by atoms with Gasteiger partial charge >= 0.3 is 0 Å². The van der Waals surface area contributed by atoms with Gasteiger partial charge in [0.25, 0.3) is 0 Å². The molecule has 1 aromatic carbocycles. The van der Waals surface area contributed by atoms with E-state index in [4.69, 9.17) is 0 Å². The lowest BCUT2D eigenvalue weighted by atomic mass is 10.2. The second-order valence-electron chi connectivity index (χ2n) is 3.92. The van der Waals surface area contributed by atoms with E-state index >= 15 is 0 Å². The molecule has 1 heterocycles. The highest BCUT2D eigenvalue weighted by molar-refractivity contribution is 9.10. The fourth-order valence-electron chi connectivity index (χ4n) is 1.56. The highest BCUT2D eigenvalue weighted by Gasteiger charge is 2.03. The molecule has 1 nitrogen and oxygen atoms in total. The van der Waals surface area contributed by atoms with Crippen LogP contribution in [-0.4, -0.2) is 0 Å². The lowest BCUT2D eigenvalue weighted by Gasteiger charge is -2.06. The first-order chi connectivity index (χ1) is 8.16. The highest BCUT2D eigenvalue weighted by Crippen LogP contribution is 2.16. The van der Waals surface area contributed by atoms with Crippen LogP contribution in [0.15, 0.2) is 33.4 Å². The van der Waals surface area contributed by atoms with E-state index in [2.05, 4.69) is 38.9 Å². The fourth-order valence-corrected chi connectivity index (χ4v) is 2.76. The molecule has 0 saturated carbocycles. The number of thiophene rings is 1. The summed E-state index contributed by atoms with van der Waals surface area (Å²) < 4.78 is 14.3. The Hall–Kier alpha value is -0.710. The molecule has 17 heavy (non-hydrogen) atoms. The molecule has 0 aliphatic carbocycles. The van der Waals surface area contributed by atoms with Crippen LogP contribution in [0, 0.1) is 12.7 Å². The molecule has 0 radical (unpaired) electrons. The van der Waals surface area contributed by atoms with Gasteiger partial charge in [-0.1, -0.05) is 22.0 Å². The average molecular weight is 314 g/mol. The van der Waals surface area contributed by atoms with Crippen molar-refractivity contribution in [1.82, 2.24) is 5.32 Å². The van der Waals surface area contributed by atoms with Crippen LogP contribution < -0.4 is 5.32 Å². The summed E-state index contributed by atoms with van der Waals surface area (Å²) in [6, 6.07) is 5.15. The standard InChI is InChI=1S/C13H13BrFNS/c1-9-7-17-8-11(9)6-16-5-10-2-3-12(14)4-13(10)15/h2-4,7-8,16H,5-6H2,1H3. The number of aryl methyl sites for hydroxylation is 1. The normalized spacial score (nSPS) is 10.8. The molecule has 2 rings (SSSR count). The molecule has 0 atom stereocenters. The lowest BCUT2D eigenvalue weighted by Crippen LogP contribution is -2.13. The first-order valence-corrected chi connectivity index (χ1v) is 7.06. The lowest BCUT2D eigenvalue weighted by molar-refractivity contribution is 0.587. The largest absolute Gasteiger partial charge is 0.308 e. The predicted molar refractivity (Wildman–Crippen MR) is 73.7 cm³/mol. The monoisotopic (exact) mass is 313 g/mol. The molecule has 4 heteroatoms. The van der Waals surface area contributed by atoms with Gasteiger partial charge in [0.15, 0.2) is 0 Å². The Morgan fingerprint density at radius 3 is 2.65 bits per heavy atom. The van der Waals surface area contributed by atoms with Crippen molar-refractivity contribution in [3.8, 4) is 0 Å². The maximum atomic E-state index is 13.5. The minimum atomic E-state index is -0.172. The Kier molecular flexibility index (Phi) is 4.31. The molecule has 0 saturated heterocycles. The van der Waals surface area contributed by atoms with Gasteiger partial charge in [-0.2, -0.15) is 11.3 Å². The first-order valence-electron chi connectivity index (χ1n) is 5.33. The maximum absolute atomic E-state index is 13.5. The van der Waals surface area contributed by atoms with Gasteiger partial charge in [0.05, 0.1) is 0 Å². The van der Waals surface area contributed by atoms with E-state index in [0.717, 1.165) is 11.0 Å². The molecule has 0 aliphatic rings. The second-order valence-corrected chi connectivity index (χ2v) is 5.58. The van der Waals surface area contributed by atoms with E-state index < -0.39 is 0 Å². The summed E-state index contributed by atoms with van der Waals surface area (Å²) >= 11 is 4.94. The van der Waals surface area contributed by atoms with Gasteiger partial charge in [0, 0.05) is 23.1 Å². The van der Waals surface area contributed by atoms with Gasteiger partial charge < -0.3 is 5.32 Å². The Bertz CT molecular complexity index is 510. The van der Waals surface area contributed by atoms with Crippen LogP contribution in [0.2, 0.25) is 0 Å². The third-order valence-electron chi connectivity index (χ3n) is 2.61. The topological polar surface area (TPSA) is 12.0 Å². The zero-order chi connectivity index (χ0) is 12.3. The summed E-state index contributed by atoms with van der Waals surface area (Å²) in [6.07, 6.45) is 0. The van der Waals surface area contributed by atoms with Gasteiger partial charge in [-0.05, 0) is 40.9 Å². The molecule has 0 aliphatic heterocycles. The van der Waals surface area contributed by atoms with Crippen molar-refractivity contribution in [3.05, 3.63) is 55.9 Å². The van der Waals surface area contributed by atoms with E-state index in [0.29, 0.717) is 12.1 Å². The van der Waals surface area contributed by atoms with Gasteiger partial charge in [-0.15, -0.1) is 0 Å². The van der Waals surface area contributed by atoms with Crippen molar-refractivity contribution >= 4 is 27.3 Å². The summed E-state index contributed by atoms with van der Waals surface area (Å²) in [4.78, 5) is 0. The number of benzene rings is 1. The Balaban J connectivity index is 1.92. The number of halogens is 2. The van der Waals surface area contributed by atoms with Gasteiger partial charge in [-0.3, -0.25) is 0 Å². The molecule has 0 amide bonds. The smallest absolute Gasteiger partial charge is 0.128 e. The summed E-state index contributed by atoms with van der Waals surface area (Å²) in [5.41, 5.74) is 3.27. The molecule has 1 N–H and O–H groups in total. The number of nitrogens with one attached hydrogen (secondary N) is 1. The minimum absolute atomic E-state index is 0.172. The van der Waals surface area contributed by atoms with Crippen LogP contribution in [0.3, 0.4) is 0 Å². The number of hydrogen-bond donors (Lipinski definition) is 1. The predicted octanol–water partition coefficient (Wildman–Crippen LogP) is 4.25. The van der Waals surface area contributed by atoms with E-state index in [-0.39, 0.29) is 5.82 Å². The van der Waals surface area contributed by atoms with Crippen molar-refractivity contribution in [2.45, 2.75) is 20.0 Å². The molecule has 0 unspecified atom stereocenters. The second kappa shape index (κ2) is 5.76. The van der Waals surface area contributed by atoms with Gasteiger partial charge in [-0.25, -0.2) is 4.39 Å². The molecule has 1 aromatic heterocycles.